The van der Waals surface area contributed by atoms with Crippen molar-refractivity contribution in [3.63, 3.8) is 0 Å². The van der Waals surface area contributed by atoms with Crippen molar-refractivity contribution >= 4 is 5.97 Å². The number of esters is 1. The monoisotopic (exact) mass is 509 g/mol. The Hall–Kier alpha value is -3.43. The molecule has 0 saturated heterocycles. The Labute approximate surface area is 217 Å². The van der Waals surface area contributed by atoms with E-state index in [0.717, 1.165) is 5.56 Å². The molecular formula is C29H35NO7. The maximum absolute atomic E-state index is 11.7. The molecule has 3 aromatic carbocycles. The first-order chi connectivity index (χ1) is 17.8. The summed E-state index contributed by atoms with van der Waals surface area (Å²) in [5.41, 5.74) is 2.34. The van der Waals surface area contributed by atoms with Gasteiger partial charge < -0.3 is 29.9 Å². The molecule has 3 rings (SSSR count). The van der Waals surface area contributed by atoms with E-state index in [2.05, 4.69) is 0 Å². The zero-order valence-corrected chi connectivity index (χ0v) is 21.2. The second-order valence-electron chi connectivity index (χ2n) is 9.04. The van der Waals surface area contributed by atoms with Gasteiger partial charge in [0.1, 0.15) is 24.2 Å². The lowest BCUT2D eigenvalue weighted by Gasteiger charge is -2.33. The van der Waals surface area contributed by atoms with E-state index in [4.69, 9.17) is 9.47 Å². The molecular weight excluding hydrogens is 474 g/mol. The van der Waals surface area contributed by atoms with Gasteiger partial charge in [0.2, 0.25) is 0 Å². The van der Waals surface area contributed by atoms with Crippen LogP contribution in [-0.4, -0.2) is 70.2 Å². The quantitative estimate of drug-likeness (QED) is 0.260. The van der Waals surface area contributed by atoms with E-state index in [0.29, 0.717) is 28.9 Å². The molecule has 0 aromatic heterocycles. The van der Waals surface area contributed by atoms with Crippen LogP contribution in [0.25, 0.3) is 0 Å². The maximum atomic E-state index is 11.7. The van der Waals surface area contributed by atoms with Crippen LogP contribution in [0.5, 0.6) is 11.5 Å². The summed E-state index contributed by atoms with van der Waals surface area (Å²) in [5.74, 6) is 0.224. The van der Waals surface area contributed by atoms with Gasteiger partial charge in [-0.15, -0.1) is 0 Å². The number of aliphatic hydroxyl groups excluding tert-OH is 3. The standard InChI is InChI=1S/C29H35NO7/c1-20(14-21-8-10-22(11-9-21)29(35)36-2)30(16-25(32)19-37-26-6-4-3-5-7-26)17-28(34)23-12-13-27(33)24(15-23)18-31/h3-13,15,20,25,28,31-34H,14,16-19H2,1-2H3. The number of ether oxygens (including phenoxy) is 2. The summed E-state index contributed by atoms with van der Waals surface area (Å²) < 4.78 is 10.5. The summed E-state index contributed by atoms with van der Waals surface area (Å²) in [6.07, 6.45) is -1.13. The van der Waals surface area contributed by atoms with Crippen molar-refractivity contribution in [1.29, 1.82) is 0 Å². The first kappa shape index (κ1) is 28.1. The van der Waals surface area contributed by atoms with Crippen molar-refractivity contribution in [2.24, 2.45) is 0 Å². The summed E-state index contributed by atoms with van der Waals surface area (Å²) in [6, 6.07) is 20.9. The van der Waals surface area contributed by atoms with Crippen LogP contribution in [0.2, 0.25) is 0 Å². The Bertz CT molecular complexity index is 1120. The number of hydrogen-bond donors (Lipinski definition) is 4. The van der Waals surface area contributed by atoms with Crippen LogP contribution in [0.15, 0.2) is 72.8 Å². The predicted octanol–water partition coefficient (Wildman–Crippen LogP) is 3.08. The minimum atomic E-state index is -0.919. The Morgan fingerprint density at radius 1 is 0.973 bits per heavy atom. The predicted molar refractivity (Wildman–Crippen MR) is 139 cm³/mol. The lowest BCUT2D eigenvalue weighted by Crippen LogP contribution is -2.44. The molecule has 8 nitrogen and oxygen atoms in total. The van der Waals surface area contributed by atoms with Gasteiger partial charge in [0.15, 0.2) is 0 Å². The molecule has 0 fully saturated rings. The number of hydrogen-bond acceptors (Lipinski definition) is 8. The van der Waals surface area contributed by atoms with Crippen LogP contribution < -0.4 is 4.74 Å². The average Bonchev–Trinajstić information content (AvgIpc) is 2.92. The highest BCUT2D eigenvalue weighted by Crippen LogP contribution is 2.24. The van der Waals surface area contributed by atoms with Crippen molar-refractivity contribution in [3.05, 3.63) is 95.1 Å². The van der Waals surface area contributed by atoms with Crippen molar-refractivity contribution in [1.82, 2.24) is 4.90 Å². The van der Waals surface area contributed by atoms with Crippen molar-refractivity contribution in [3.8, 4) is 11.5 Å². The number of aromatic hydroxyl groups is 1. The molecule has 198 valence electrons. The summed E-state index contributed by atoms with van der Waals surface area (Å²) in [5, 5.41) is 41.1. The summed E-state index contributed by atoms with van der Waals surface area (Å²) in [6.45, 7) is 2.20. The number of para-hydroxylation sites is 1. The second kappa shape index (κ2) is 13.8. The Kier molecular flexibility index (Phi) is 10.5. The minimum Gasteiger partial charge on any atom is -0.508 e. The van der Waals surface area contributed by atoms with E-state index in [1.165, 1.54) is 13.2 Å². The molecule has 0 radical (unpaired) electrons. The van der Waals surface area contributed by atoms with Crippen LogP contribution in [-0.2, 0) is 17.8 Å². The number of methoxy groups -OCH3 is 1. The molecule has 0 aliphatic carbocycles. The Balaban J connectivity index is 1.72. The Morgan fingerprint density at radius 2 is 1.68 bits per heavy atom. The van der Waals surface area contributed by atoms with Gasteiger partial charge in [-0.3, -0.25) is 4.90 Å². The topological polar surface area (TPSA) is 120 Å². The fourth-order valence-corrected chi connectivity index (χ4v) is 4.10. The van der Waals surface area contributed by atoms with E-state index >= 15 is 0 Å². The van der Waals surface area contributed by atoms with E-state index < -0.39 is 18.2 Å². The van der Waals surface area contributed by atoms with E-state index in [-0.39, 0.29) is 38.1 Å². The summed E-state index contributed by atoms with van der Waals surface area (Å²) in [4.78, 5) is 13.7. The van der Waals surface area contributed by atoms with E-state index in [1.54, 1.807) is 24.3 Å². The van der Waals surface area contributed by atoms with E-state index in [9.17, 15) is 25.2 Å². The number of rotatable bonds is 13. The molecule has 0 aliphatic heterocycles. The van der Waals surface area contributed by atoms with Gasteiger partial charge in [0, 0.05) is 24.7 Å². The van der Waals surface area contributed by atoms with Crippen LogP contribution in [0.1, 0.15) is 40.1 Å². The Morgan fingerprint density at radius 3 is 2.32 bits per heavy atom. The van der Waals surface area contributed by atoms with Gasteiger partial charge in [-0.1, -0.05) is 36.4 Å². The number of benzene rings is 3. The number of carbonyl (C=O) groups excluding carboxylic acids is 1. The van der Waals surface area contributed by atoms with Crippen molar-refractivity contribution in [2.75, 3.05) is 26.8 Å². The van der Waals surface area contributed by atoms with Gasteiger partial charge in [-0.05, 0) is 60.9 Å². The second-order valence-corrected chi connectivity index (χ2v) is 9.04. The number of phenols is 1. The van der Waals surface area contributed by atoms with Crippen LogP contribution in [0.4, 0.5) is 0 Å². The minimum absolute atomic E-state index is 0.0347. The molecule has 0 aliphatic rings. The normalized spacial score (nSPS) is 13.7. The third kappa shape index (κ3) is 8.30. The molecule has 37 heavy (non-hydrogen) atoms. The largest absolute Gasteiger partial charge is 0.508 e. The first-order valence-corrected chi connectivity index (χ1v) is 12.2. The molecule has 0 heterocycles. The SMILES string of the molecule is COC(=O)c1ccc(CC(C)N(CC(O)COc2ccccc2)CC(O)c2ccc(O)c(CO)c2)cc1. The molecule has 8 heteroatoms. The molecule has 3 aromatic rings. The third-order valence-electron chi connectivity index (χ3n) is 6.23. The van der Waals surface area contributed by atoms with Crippen molar-refractivity contribution in [2.45, 2.75) is 38.2 Å². The molecule has 0 amide bonds. The highest BCUT2D eigenvalue weighted by molar-refractivity contribution is 5.89. The molecule has 3 unspecified atom stereocenters. The fraction of sp³-hybridized carbons (Fsp3) is 0.345. The summed E-state index contributed by atoms with van der Waals surface area (Å²) >= 11 is 0. The van der Waals surface area contributed by atoms with Gasteiger partial charge in [0.05, 0.1) is 25.4 Å². The zero-order valence-electron chi connectivity index (χ0n) is 21.2. The highest BCUT2D eigenvalue weighted by Gasteiger charge is 2.23. The van der Waals surface area contributed by atoms with Crippen LogP contribution in [0.3, 0.4) is 0 Å². The smallest absolute Gasteiger partial charge is 0.337 e. The lowest BCUT2D eigenvalue weighted by molar-refractivity contribution is 0.0290. The van der Waals surface area contributed by atoms with Gasteiger partial charge in [-0.2, -0.15) is 0 Å². The van der Waals surface area contributed by atoms with Crippen molar-refractivity contribution < 1.29 is 34.7 Å². The molecule has 0 spiro atoms. The van der Waals surface area contributed by atoms with E-state index in [1.807, 2.05) is 54.3 Å². The van der Waals surface area contributed by atoms with Gasteiger partial charge in [-0.25, -0.2) is 4.79 Å². The zero-order chi connectivity index (χ0) is 26.8. The van der Waals surface area contributed by atoms with Crippen LogP contribution in [0, 0.1) is 0 Å². The average molecular weight is 510 g/mol. The molecule has 0 saturated carbocycles. The molecule has 3 atom stereocenters. The van der Waals surface area contributed by atoms with Gasteiger partial charge in [0.25, 0.3) is 0 Å². The number of carbonyl (C=O) groups is 1. The molecule has 0 bridgehead atoms. The first-order valence-electron chi connectivity index (χ1n) is 12.2. The fourth-order valence-electron chi connectivity index (χ4n) is 4.10. The van der Waals surface area contributed by atoms with Crippen LogP contribution >= 0.6 is 0 Å². The number of aliphatic hydroxyl groups is 3. The molecule has 4 N–H and O–H groups in total. The highest BCUT2D eigenvalue weighted by atomic mass is 16.5. The third-order valence-corrected chi connectivity index (χ3v) is 6.23. The number of nitrogens with zero attached hydrogens (tertiary/aromatic N) is 1. The summed E-state index contributed by atoms with van der Waals surface area (Å²) in [7, 11) is 1.34. The lowest BCUT2D eigenvalue weighted by atomic mass is 10.0. The maximum Gasteiger partial charge on any atom is 0.337 e. The van der Waals surface area contributed by atoms with Gasteiger partial charge >= 0.3 is 5.97 Å².